The second-order valence-corrected chi connectivity index (χ2v) is 11.3. The molecular weight excluding hydrogens is 473 g/mol. The van der Waals surface area contributed by atoms with Gasteiger partial charge in [-0.05, 0) is 95.3 Å². The van der Waals surface area contributed by atoms with Gasteiger partial charge in [-0.15, -0.1) is 0 Å². The van der Waals surface area contributed by atoms with Crippen LogP contribution in [0.5, 0.6) is 0 Å². The van der Waals surface area contributed by atoms with Gasteiger partial charge in [0.2, 0.25) is 0 Å². The Hall–Kier alpha value is -2.94. The van der Waals surface area contributed by atoms with Crippen LogP contribution in [-0.2, 0) is 17.2 Å². The van der Waals surface area contributed by atoms with Gasteiger partial charge in [-0.3, -0.25) is 9.48 Å². The van der Waals surface area contributed by atoms with E-state index in [9.17, 15) is 14.0 Å². The molecule has 3 fully saturated rings. The number of carbonyl (C=O) groups excluding carboxylic acids is 2. The molecule has 2 unspecified atom stereocenters. The third-order valence-electron chi connectivity index (χ3n) is 9.32. The molecule has 1 aromatic carbocycles. The van der Waals surface area contributed by atoms with Crippen molar-refractivity contribution in [3.05, 3.63) is 47.0 Å². The standard InChI is InChI=1S/C28H36FN5O3/c1-4-37-27(36)34-20-6-7-21(34)16-22(15-20)32-11-9-28(10-12-32)17-33(25-8-5-19(29)14-23(25)28)26(35)24-13-18(2)31(3)30-24/h5,8,13-14,20-22H,4,6-7,9-12,15-17H2,1-3H3. The minimum Gasteiger partial charge on any atom is -0.450 e. The predicted molar refractivity (Wildman–Crippen MR) is 137 cm³/mol. The number of nitrogens with zero attached hydrogens (tertiary/aromatic N) is 5. The van der Waals surface area contributed by atoms with Crippen molar-refractivity contribution in [2.75, 3.05) is 31.1 Å². The lowest BCUT2D eigenvalue weighted by Gasteiger charge is -2.47. The molecule has 6 rings (SSSR count). The maximum atomic E-state index is 14.5. The quantitative estimate of drug-likeness (QED) is 0.625. The maximum absolute atomic E-state index is 14.5. The average molecular weight is 510 g/mol. The monoisotopic (exact) mass is 509 g/mol. The second-order valence-electron chi connectivity index (χ2n) is 11.3. The number of rotatable bonds is 3. The van der Waals surface area contributed by atoms with E-state index >= 15 is 0 Å². The molecule has 198 valence electrons. The number of hydrogen-bond donors (Lipinski definition) is 0. The van der Waals surface area contributed by atoms with Crippen LogP contribution in [0.4, 0.5) is 14.9 Å². The lowest BCUT2D eigenvalue weighted by atomic mass is 9.73. The second kappa shape index (κ2) is 9.11. The molecule has 8 nitrogen and oxygen atoms in total. The highest BCUT2D eigenvalue weighted by Crippen LogP contribution is 2.49. The van der Waals surface area contributed by atoms with Gasteiger partial charge in [0.05, 0.1) is 6.61 Å². The molecule has 5 heterocycles. The van der Waals surface area contributed by atoms with E-state index in [2.05, 4.69) is 10.00 Å². The Bertz CT molecular complexity index is 1190. The molecule has 4 aliphatic rings. The third kappa shape index (κ3) is 4.02. The average Bonchev–Trinajstić information content (AvgIpc) is 3.48. The first-order chi connectivity index (χ1) is 17.8. The summed E-state index contributed by atoms with van der Waals surface area (Å²) in [6, 6.07) is 7.62. The van der Waals surface area contributed by atoms with E-state index < -0.39 is 0 Å². The Kier molecular flexibility index (Phi) is 6.01. The predicted octanol–water partition coefficient (Wildman–Crippen LogP) is 4.01. The van der Waals surface area contributed by atoms with Crippen molar-refractivity contribution in [3.63, 3.8) is 0 Å². The molecule has 2 atom stereocenters. The molecule has 2 aromatic rings. The molecule has 2 amide bonds. The van der Waals surface area contributed by atoms with E-state index in [-0.39, 0.29) is 35.3 Å². The molecule has 1 spiro atoms. The van der Waals surface area contributed by atoms with E-state index in [4.69, 9.17) is 4.74 Å². The summed E-state index contributed by atoms with van der Waals surface area (Å²) in [7, 11) is 1.83. The topological polar surface area (TPSA) is 70.9 Å². The molecule has 1 aromatic heterocycles. The molecular formula is C28H36FN5O3. The molecule has 4 aliphatic heterocycles. The fourth-order valence-corrected chi connectivity index (χ4v) is 7.31. The number of carbonyl (C=O) groups is 2. The summed E-state index contributed by atoms with van der Waals surface area (Å²) in [5, 5.41) is 4.41. The van der Waals surface area contributed by atoms with Crippen molar-refractivity contribution in [2.24, 2.45) is 7.05 Å². The molecule has 37 heavy (non-hydrogen) atoms. The normalized spacial score (nSPS) is 26.5. The van der Waals surface area contributed by atoms with Gasteiger partial charge in [-0.2, -0.15) is 5.10 Å². The van der Waals surface area contributed by atoms with Crippen molar-refractivity contribution >= 4 is 17.7 Å². The SMILES string of the molecule is CCOC(=O)N1C2CCC1CC(N1CCC3(CC1)CN(C(=O)c1cc(C)n(C)n1)c1ccc(F)cc13)C2. The highest BCUT2D eigenvalue weighted by atomic mass is 19.1. The summed E-state index contributed by atoms with van der Waals surface area (Å²) in [5.74, 6) is -0.384. The Morgan fingerprint density at radius 3 is 2.43 bits per heavy atom. The van der Waals surface area contributed by atoms with E-state index in [1.807, 2.05) is 36.8 Å². The number of hydrogen-bond acceptors (Lipinski definition) is 5. The molecule has 0 aliphatic carbocycles. The van der Waals surface area contributed by atoms with Gasteiger partial charge in [0.15, 0.2) is 5.69 Å². The van der Waals surface area contributed by atoms with Crippen LogP contribution in [0.2, 0.25) is 0 Å². The molecule has 0 radical (unpaired) electrons. The highest BCUT2D eigenvalue weighted by molar-refractivity contribution is 6.06. The van der Waals surface area contributed by atoms with Crippen LogP contribution in [0.3, 0.4) is 0 Å². The molecule has 9 heteroatoms. The van der Waals surface area contributed by atoms with Crippen molar-refractivity contribution in [3.8, 4) is 0 Å². The van der Waals surface area contributed by atoms with E-state index in [0.29, 0.717) is 24.9 Å². The number of amides is 2. The summed E-state index contributed by atoms with van der Waals surface area (Å²) in [5.41, 5.74) is 2.86. The van der Waals surface area contributed by atoms with Crippen LogP contribution in [0.1, 0.15) is 67.2 Å². The molecule has 3 saturated heterocycles. The van der Waals surface area contributed by atoms with Gasteiger partial charge in [-0.25, -0.2) is 9.18 Å². The van der Waals surface area contributed by atoms with Crippen LogP contribution in [0.15, 0.2) is 24.3 Å². The zero-order valence-corrected chi connectivity index (χ0v) is 22.0. The van der Waals surface area contributed by atoms with Crippen LogP contribution in [0.25, 0.3) is 0 Å². The Labute approximate surface area is 217 Å². The van der Waals surface area contributed by atoms with Crippen LogP contribution in [0, 0.1) is 12.7 Å². The fraction of sp³-hybridized carbons (Fsp3) is 0.607. The maximum Gasteiger partial charge on any atom is 0.410 e. The number of aryl methyl sites for hydroxylation is 2. The number of halogens is 1. The molecule has 2 bridgehead atoms. The number of ether oxygens (including phenoxy) is 1. The highest BCUT2D eigenvalue weighted by Gasteiger charge is 2.50. The van der Waals surface area contributed by atoms with E-state index in [0.717, 1.165) is 68.6 Å². The van der Waals surface area contributed by atoms with Crippen molar-refractivity contribution in [2.45, 2.75) is 75.9 Å². The number of benzene rings is 1. The summed E-state index contributed by atoms with van der Waals surface area (Å²) in [6.07, 6.45) is 5.66. The van der Waals surface area contributed by atoms with Gasteiger partial charge < -0.3 is 19.4 Å². The van der Waals surface area contributed by atoms with E-state index in [1.54, 1.807) is 16.8 Å². The molecule has 0 saturated carbocycles. The number of anilines is 1. The Morgan fingerprint density at radius 2 is 1.81 bits per heavy atom. The largest absolute Gasteiger partial charge is 0.450 e. The lowest BCUT2D eigenvalue weighted by molar-refractivity contribution is 0.0281. The van der Waals surface area contributed by atoms with Gasteiger partial charge in [0.1, 0.15) is 5.82 Å². The first-order valence-corrected chi connectivity index (χ1v) is 13.6. The number of aromatic nitrogens is 2. The van der Waals surface area contributed by atoms with Gasteiger partial charge in [0.25, 0.3) is 5.91 Å². The minimum atomic E-state index is -0.258. The summed E-state index contributed by atoms with van der Waals surface area (Å²) < 4.78 is 21.5. The van der Waals surface area contributed by atoms with Crippen molar-refractivity contribution < 1.29 is 18.7 Å². The van der Waals surface area contributed by atoms with Gasteiger partial charge in [0, 0.05) is 48.5 Å². The van der Waals surface area contributed by atoms with Crippen molar-refractivity contribution in [1.29, 1.82) is 0 Å². The summed E-state index contributed by atoms with van der Waals surface area (Å²) in [6.45, 7) is 6.57. The third-order valence-corrected chi connectivity index (χ3v) is 9.32. The van der Waals surface area contributed by atoms with Crippen LogP contribution in [-0.4, -0.2) is 75.9 Å². The summed E-state index contributed by atoms with van der Waals surface area (Å²) in [4.78, 5) is 32.4. The van der Waals surface area contributed by atoms with Gasteiger partial charge in [-0.1, -0.05) is 0 Å². The molecule has 0 N–H and O–H groups in total. The van der Waals surface area contributed by atoms with Crippen molar-refractivity contribution in [1.82, 2.24) is 19.6 Å². The minimum absolute atomic E-state index is 0.126. The van der Waals surface area contributed by atoms with E-state index in [1.165, 1.54) is 6.07 Å². The zero-order chi connectivity index (χ0) is 25.9. The first-order valence-electron chi connectivity index (χ1n) is 13.6. The fourth-order valence-electron chi connectivity index (χ4n) is 7.31. The first kappa shape index (κ1) is 24.4. The van der Waals surface area contributed by atoms with Crippen LogP contribution >= 0.6 is 0 Å². The number of likely N-dealkylation sites (tertiary alicyclic amines) is 1. The number of fused-ring (bicyclic) bond motifs is 4. The number of piperidine rings is 2. The van der Waals surface area contributed by atoms with Crippen LogP contribution < -0.4 is 4.90 Å². The Balaban J connectivity index is 1.18. The Morgan fingerprint density at radius 1 is 1.11 bits per heavy atom. The zero-order valence-electron chi connectivity index (χ0n) is 22.0. The lowest BCUT2D eigenvalue weighted by Crippen LogP contribution is -2.55. The van der Waals surface area contributed by atoms with Gasteiger partial charge >= 0.3 is 6.09 Å². The summed E-state index contributed by atoms with van der Waals surface area (Å²) >= 11 is 0. The smallest absolute Gasteiger partial charge is 0.410 e.